The Hall–Kier alpha value is -1.47. The lowest BCUT2D eigenvalue weighted by molar-refractivity contribution is -0.144. The molecule has 1 aromatic rings. The van der Waals surface area contributed by atoms with Gasteiger partial charge < -0.3 is 5.11 Å². The van der Waals surface area contributed by atoms with Crippen LogP contribution < -0.4 is 5.48 Å². The lowest BCUT2D eigenvalue weighted by Gasteiger charge is -2.05. The molecule has 0 spiro atoms. The molecule has 0 aliphatic rings. The van der Waals surface area contributed by atoms with E-state index in [1.807, 2.05) is 5.48 Å². The van der Waals surface area contributed by atoms with Crippen molar-refractivity contribution >= 4 is 27.8 Å². The standard InChI is InChI=1S/C9H7BrFNO4/c10-7-3-5(11)1-2-6(7)9(15)12-16-4-8(13)14/h1-3H,4H2,(H,12,15)(H,13,14). The van der Waals surface area contributed by atoms with Gasteiger partial charge in [-0.25, -0.2) is 14.7 Å². The SMILES string of the molecule is O=C(O)CONC(=O)c1ccc(F)cc1Br. The van der Waals surface area contributed by atoms with Crippen molar-refractivity contribution in [2.45, 2.75) is 0 Å². The van der Waals surface area contributed by atoms with Gasteiger partial charge in [0.2, 0.25) is 0 Å². The minimum Gasteiger partial charge on any atom is -0.479 e. The van der Waals surface area contributed by atoms with Gasteiger partial charge in [0.15, 0.2) is 6.61 Å². The summed E-state index contributed by atoms with van der Waals surface area (Å²) in [6, 6.07) is 3.47. The number of hydroxylamine groups is 1. The van der Waals surface area contributed by atoms with Gasteiger partial charge in [-0.15, -0.1) is 0 Å². The van der Waals surface area contributed by atoms with Crippen LogP contribution >= 0.6 is 15.9 Å². The summed E-state index contributed by atoms with van der Waals surface area (Å²) in [5.74, 6) is -2.36. The maximum atomic E-state index is 12.7. The summed E-state index contributed by atoms with van der Waals surface area (Å²) < 4.78 is 13.0. The first-order valence-electron chi connectivity index (χ1n) is 4.09. The predicted molar refractivity (Wildman–Crippen MR) is 55.2 cm³/mol. The molecule has 0 radical (unpaired) electrons. The molecule has 0 aromatic heterocycles. The van der Waals surface area contributed by atoms with Crippen LogP contribution in [0.5, 0.6) is 0 Å². The fourth-order valence-corrected chi connectivity index (χ4v) is 1.42. The van der Waals surface area contributed by atoms with Crippen LogP contribution in [-0.2, 0) is 9.63 Å². The number of rotatable bonds is 4. The van der Waals surface area contributed by atoms with Crippen molar-refractivity contribution in [3.63, 3.8) is 0 Å². The van der Waals surface area contributed by atoms with Crippen molar-refractivity contribution < 1.29 is 23.9 Å². The van der Waals surface area contributed by atoms with Gasteiger partial charge in [-0.3, -0.25) is 9.63 Å². The molecule has 0 aliphatic heterocycles. The summed E-state index contributed by atoms with van der Waals surface area (Å²) in [6.45, 7) is -0.648. The molecule has 7 heteroatoms. The highest BCUT2D eigenvalue weighted by Crippen LogP contribution is 2.17. The summed E-state index contributed by atoms with van der Waals surface area (Å²) in [6.07, 6.45) is 0. The van der Waals surface area contributed by atoms with Gasteiger partial charge in [-0.2, -0.15) is 0 Å². The van der Waals surface area contributed by atoms with Crippen LogP contribution in [0.15, 0.2) is 22.7 Å². The molecule has 0 atom stereocenters. The molecule has 5 nitrogen and oxygen atoms in total. The van der Waals surface area contributed by atoms with Gasteiger partial charge in [0.25, 0.3) is 5.91 Å². The number of carbonyl (C=O) groups is 2. The van der Waals surface area contributed by atoms with E-state index in [1.165, 1.54) is 6.07 Å². The van der Waals surface area contributed by atoms with Crippen LogP contribution in [0, 0.1) is 5.82 Å². The number of hydrogen-bond donors (Lipinski definition) is 2. The van der Waals surface area contributed by atoms with Crippen molar-refractivity contribution in [1.82, 2.24) is 5.48 Å². The number of carbonyl (C=O) groups excluding carboxylic acids is 1. The lowest BCUT2D eigenvalue weighted by Crippen LogP contribution is -2.26. The molecule has 1 amide bonds. The van der Waals surface area contributed by atoms with Crippen molar-refractivity contribution in [2.24, 2.45) is 0 Å². The second-order valence-corrected chi connectivity index (χ2v) is 3.59. The van der Waals surface area contributed by atoms with Crippen molar-refractivity contribution in [2.75, 3.05) is 6.61 Å². The van der Waals surface area contributed by atoms with Gasteiger partial charge in [-0.1, -0.05) is 0 Å². The molecule has 0 bridgehead atoms. The van der Waals surface area contributed by atoms with E-state index >= 15 is 0 Å². The van der Waals surface area contributed by atoms with E-state index in [0.29, 0.717) is 0 Å². The van der Waals surface area contributed by atoms with E-state index in [0.717, 1.165) is 12.1 Å². The maximum Gasteiger partial charge on any atom is 0.332 e. The smallest absolute Gasteiger partial charge is 0.332 e. The number of carboxylic acid groups (broad SMARTS) is 1. The number of carboxylic acids is 1. The van der Waals surface area contributed by atoms with Crippen LogP contribution in [0.2, 0.25) is 0 Å². The Balaban J connectivity index is 2.63. The quantitative estimate of drug-likeness (QED) is 0.821. The molecular formula is C9H7BrFNO4. The van der Waals surface area contributed by atoms with Gasteiger partial charge in [0.05, 0.1) is 5.56 Å². The Kier molecular flexibility index (Phi) is 4.39. The molecule has 0 aliphatic carbocycles. The normalized spacial score (nSPS) is 9.88. The first-order valence-corrected chi connectivity index (χ1v) is 4.89. The summed E-state index contributed by atoms with van der Waals surface area (Å²) >= 11 is 3.00. The third-order valence-electron chi connectivity index (χ3n) is 1.54. The monoisotopic (exact) mass is 291 g/mol. The van der Waals surface area contributed by atoms with Gasteiger partial charge in [-0.05, 0) is 34.1 Å². The number of nitrogens with one attached hydrogen (secondary N) is 1. The number of halogens is 2. The Morgan fingerprint density at radius 1 is 1.50 bits per heavy atom. The zero-order chi connectivity index (χ0) is 12.1. The Morgan fingerprint density at radius 3 is 2.75 bits per heavy atom. The zero-order valence-corrected chi connectivity index (χ0v) is 9.45. The molecular weight excluding hydrogens is 285 g/mol. The average Bonchev–Trinajstić information content (AvgIpc) is 2.16. The van der Waals surface area contributed by atoms with Gasteiger partial charge >= 0.3 is 5.97 Å². The minimum atomic E-state index is -1.21. The van der Waals surface area contributed by atoms with Gasteiger partial charge in [0.1, 0.15) is 5.82 Å². The number of aliphatic carboxylic acids is 1. The Labute approximate surface area is 98.3 Å². The molecule has 0 unspecified atom stereocenters. The average molecular weight is 292 g/mol. The third-order valence-corrected chi connectivity index (χ3v) is 2.19. The van der Waals surface area contributed by atoms with Crippen molar-refractivity contribution in [1.29, 1.82) is 0 Å². The molecule has 0 saturated heterocycles. The molecule has 2 N–H and O–H groups in total. The third kappa shape index (κ3) is 3.59. The summed E-state index contributed by atoms with van der Waals surface area (Å²) in [4.78, 5) is 25.9. The lowest BCUT2D eigenvalue weighted by atomic mass is 10.2. The zero-order valence-electron chi connectivity index (χ0n) is 7.87. The summed E-state index contributed by atoms with van der Waals surface area (Å²) in [7, 11) is 0. The molecule has 86 valence electrons. The number of hydrogen-bond acceptors (Lipinski definition) is 3. The van der Waals surface area contributed by atoms with Crippen molar-refractivity contribution in [3.05, 3.63) is 34.1 Å². The van der Waals surface area contributed by atoms with Crippen LogP contribution in [0.1, 0.15) is 10.4 Å². The van der Waals surface area contributed by atoms with E-state index in [2.05, 4.69) is 20.8 Å². The Morgan fingerprint density at radius 2 is 2.19 bits per heavy atom. The van der Waals surface area contributed by atoms with Gasteiger partial charge in [0, 0.05) is 4.47 Å². The molecule has 0 saturated carbocycles. The topological polar surface area (TPSA) is 75.6 Å². The maximum absolute atomic E-state index is 12.7. The highest BCUT2D eigenvalue weighted by atomic mass is 79.9. The second-order valence-electron chi connectivity index (χ2n) is 2.74. The van der Waals surface area contributed by atoms with E-state index in [-0.39, 0.29) is 10.0 Å². The van der Waals surface area contributed by atoms with E-state index in [9.17, 15) is 14.0 Å². The highest BCUT2D eigenvalue weighted by Gasteiger charge is 2.11. The summed E-state index contributed by atoms with van der Waals surface area (Å²) in [5.41, 5.74) is 2.06. The number of amides is 1. The van der Waals surface area contributed by atoms with E-state index < -0.39 is 24.3 Å². The van der Waals surface area contributed by atoms with Crippen LogP contribution in [0.25, 0.3) is 0 Å². The minimum absolute atomic E-state index is 0.145. The molecule has 0 fully saturated rings. The first-order chi connectivity index (χ1) is 7.50. The Bertz CT molecular complexity index is 424. The number of benzene rings is 1. The van der Waals surface area contributed by atoms with Crippen molar-refractivity contribution in [3.8, 4) is 0 Å². The van der Waals surface area contributed by atoms with E-state index in [4.69, 9.17) is 5.11 Å². The predicted octanol–water partition coefficient (Wildman–Crippen LogP) is 1.33. The van der Waals surface area contributed by atoms with Crippen LogP contribution in [0.4, 0.5) is 4.39 Å². The molecule has 16 heavy (non-hydrogen) atoms. The fraction of sp³-hybridized carbons (Fsp3) is 0.111. The molecule has 1 aromatic carbocycles. The first kappa shape index (κ1) is 12.6. The second kappa shape index (κ2) is 5.57. The van der Waals surface area contributed by atoms with E-state index in [1.54, 1.807) is 0 Å². The largest absolute Gasteiger partial charge is 0.479 e. The van der Waals surface area contributed by atoms with Crippen LogP contribution in [0.3, 0.4) is 0 Å². The summed E-state index contributed by atoms with van der Waals surface area (Å²) in [5, 5.41) is 8.25. The van der Waals surface area contributed by atoms with Crippen LogP contribution in [-0.4, -0.2) is 23.6 Å². The molecule has 1 rings (SSSR count). The molecule has 0 heterocycles. The fourth-order valence-electron chi connectivity index (χ4n) is 0.892. The highest BCUT2D eigenvalue weighted by molar-refractivity contribution is 9.10.